The van der Waals surface area contributed by atoms with E-state index in [0.717, 1.165) is 35.5 Å². The number of para-hydroxylation sites is 2. The molecule has 4 rings (SSSR count). The van der Waals surface area contributed by atoms with Crippen molar-refractivity contribution in [3.63, 3.8) is 0 Å². The molecule has 2 N–H and O–H groups in total. The number of carbonyl (C=O) groups is 2. The van der Waals surface area contributed by atoms with Crippen molar-refractivity contribution >= 4 is 23.7 Å². The molecule has 31 heavy (non-hydrogen) atoms. The molecule has 0 unspecified atom stereocenters. The minimum atomic E-state index is -0.646. The van der Waals surface area contributed by atoms with Crippen molar-refractivity contribution in [2.75, 3.05) is 18.6 Å². The number of amides is 2. The van der Waals surface area contributed by atoms with E-state index in [-0.39, 0.29) is 5.82 Å². The highest BCUT2D eigenvalue weighted by atomic mass is 16.5. The summed E-state index contributed by atoms with van der Waals surface area (Å²) in [5.41, 5.74) is 8.17. The zero-order valence-corrected chi connectivity index (χ0v) is 17.3. The van der Waals surface area contributed by atoms with Gasteiger partial charge < -0.3 is 19.8 Å². The van der Waals surface area contributed by atoms with E-state index in [0.29, 0.717) is 12.3 Å². The maximum atomic E-state index is 11.0. The summed E-state index contributed by atoms with van der Waals surface area (Å²) in [6.45, 7) is 2.72. The van der Waals surface area contributed by atoms with Crippen molar-refractivity contribution in [2.24, 2.45) is 5.73 Å². The van der Waals surface area contributed by atoms with E-state index >= 15 is 0 Å². The number of nitrogens with two attached hydrogens (primary N) is 1. The number of fused-ring (bicyclic) bond motifs is 1. The van der Waals surface area contributed by atoms with Crippen molar-refractivity contribution in [1.82, 2.24) is 14.6 Å². The number of carbonyl (C=O) groups excluding carboxylic acids is 2. The number of nitrogens with zero attached hydrogens (tertiary/aromatic N) is 4. The highest BCUT2D eigenvalue weighted by Crippen LogP contribution is 2.26. The summed E-state index contributed by atoms with van der Waals surface area (Å²) in [5, 5.41) is 4.06. The van der Waals surface area contributed by atoms with E-state index < -0.39 is 5.91 Å². The molecule has 2 amide bonds. The Morgan fingerprint density at radius 1 is 1.23 bits per heavy atom. The normalized spacial score (nSPS) is 10.3. The Bertz CT molecular complexity index is 1150. The molecule has 0 fully saturated rings. The number of pyridine rings is 1. The fourth-order valence-electron chi connectivity index (χ4n) is 2.78. The van der Waals surface area contributed by atoms with Gasteiger partial charge >= 0.3 is 0 Å². The van der Waals surface area contributed by atoms with E-state index in [2.05, 4.69) is 10.1 Å². The molecule has 0 aliphatic carbocycles. The van der Waals surface area contributed by atoms with Crippen LogP contribution in [0.15, 0.2) is 65.5 Å². The van der Waals surface area contributed by atoms with Gasteiger partial charge in [-0.05, 0) is 36.8 Å². The van der Waals surface area contributed by atoms with E-state index in [1.54, 1.807) is 36.2 Å². The Kier molecular flexibility index (Phi) is 7.00. The molecule has 0 aliphatic heterocycles. The zero-order chi connectivity index (χ0) is 22.2. The smallest absolute Gasteiger partial charge is 0.288 e. The van der Waals surface area contributed by atoms with Crippen LogP contribution in [0.4, 0.5) is 5.69 Å². The van der Waals surface area contributed by atoms with Crippen LogP contribution in [-0.2, 0) is 4.79 Å². The lowest BCUT2D eigenvalue weighted by atomic mass is 10.2. The van der Waals surface area contributed by atoms with E-state index in [1.165, 1.54) is 4.90 Å². The van der Waals surface area contributed by atoms with Gasteiger partial charge in [0.1, 0.15) is 5.75 Å². The van der Waals surface area contributed by atoms with E-state index in [1.807, 2.05) is 43.3 Å². The van der Waals surface area contributed by atoms with Gasteiger partial charge in [-0.15, -0.1) is 5.10 Å². The summed E-state index contributed by atoms with van der Waals surface area (Å²) in [6, 6.07) is 14.8. The molecule has 3 heterocycles. The predicted octanol–water partition coefficient (Wildman–Crippen LogP) is 3.16. The third-order valence-electron chi connectivity index (χ3n) is 4.26. The molecule has 3 aromatic heterocycles. The second-order valence-electron chi connectivity index (χ2n) is 6.53. The summed E-state index contributed by atoms with van der Waals surface area (Å²) >= 11 is 0. The lowest BCUT2D eigenvalue weighted by Gasteiger charge is -2.15. The molecule has 0 radical (unpaired) electrons. The van der Waals surface area contributed by atoms with Crippen LogP contribution in [0.2, 0.25) is 0 Å². The first-order valence-corrected chi connectivity index (χ1v) is 9.63. The molecule has 4 aromatic rings. The molecule has 1 aromatic carbocycles. The molecule has 9 nitrogen and oxygen atoms in total. The number of rotatable bonds is 7. The molecule has 0 bridgehead atoms. The number of aromatic nitrogens is 3. The molecule has 160 valence electrons. The van der Waals surface area contributed by atoms with Crippen LogP contribution >= 0.6 is 0 Å². The van der Waals surface area contributed by atoms with Gasteiger partial charge in [-0.25, -0.2) is 9.50 Å². The van der Waals surface area contributed by atoms with Gasteiger partial charge in [0, 0.05) is 12.6 Å². The first-order valence-electron chi connectivity index (χ1n) is 9.63. The van der Waals surface area contributed by atoms with Gasteiger partial charge in [-0.3, -0.25) is 9.59 Å². The summed E-state index contributed by atoms with van der Waals surface area (Å²) in [4.78, 5) is 27.2. The van der Waals surface area contributed by atoms with Crippen LogP contribution in [0.25, 0.3) is 16.9 Å². The number of hydrogen-bond acceptors (Lipinski definition) is 6. The molecule has 0 atom stereocenters. The Balaban J connectivity index is 0.000000180. The van der Waals surface area contributed by atoms with Crippen LogP contribution in [0.5, 0.6) is 5.75 Å². The second kappa shape index (κ2) is 10.1. The quantitative estimate of drug-likeness (QED) is 0.458. The maximum absolute atomic E-state index is 11.0. The van der Waals surface area contributed by atoms with Crippen LogP contribution in [-0.4, -0.2) is 40.6 Å². The molecular formula is C22H23N5O4. The van der Waals surface area contributed by atoms with Crippen molar-refractivity contribution < 1.29 is 18.7 Å². The molecule has 0 saturated heterocycles. The Labute approximate surface area is 179 Å². The Hall–Kier alpha value is -4.14. The summed E-state index contributed by atoms with van der Waals surface area (Å²) in [6.07, 6.45) is 4.90. The van der Waals surface area contributed by atoms with E-state index in [4.69, 9.17) is 14.9 Å². The van der Waals surface area contributed by atoms with Gasteiger partial charge in [0.25, 0.3) is 5.91 Å². The SMILES string of the molecule is CCCOc1ccccc1N(C)C=O.NC(=O)c1nc2cccc(-c3ccoc3)n2n1. The number of hydrogen-bond donors (Lipinski definition) is 1. The van der Waals surface area contributed by atoms with Gasteiger partial charge in [0.2, 0.25) is 12.2 Å². The lowest BCUT2D eigenvalue weighted by molar-refractivity contribution is -0.107. The van der Waals surface area contributed by atoms with Gasteiger partial charge in [-0.2, -0.15) is 0 Å². The molecule has 0 saturated carbocycles. The predicted molar refractivity (Wildman–Crippen MR) is 116 cm³/mol. The topological polar surface area (TPSA) is 116 Å². The summed E-state index contributed by atoms with van der Waals surface area (Å²) in [7, 11) is 1.71. The number of benzene rings is 1. The van der Waals surface area contributed by atoms with Crippen LogP contribution in [0.1, 0.15) is 24.0 Å². The minimum Gasteiger partial charge on any atom is -0.491 e. The van der Waals surface area contributed by atoms with Crippen molar-refractivity contribution in [2.45, 2.75) is 13.3 Å². The average Bonchev–Trinajstić information content (AvgIpc) is 3.47. The van der Waals surface area contributed by atoms with Crippen LogP contribution in [0.3, 0.4) is 0 Å². The molecule has 9 heteroatoms. The third-order valence-corrected chi connectivity index (χ3v) is 4.26. The highest BCUT2D eigenvalue weighted by Gasteiger charge is 2.12. The first kappa shape index (κ1) is 21.6. The van der Waals surface area contributed by atoms with Gasteiger partial charge in [0.15, 0.2) is 5.65 Å². The van der Waals surface area contributed by atoms with E-state index in [9.17, 15) is 9.59 Å². The van der Waals surface area contributed by atoms with Crippen molar-refractivity contribution in [3.8, 4) is 17.0 Å². The number of furan rings is 1. The zero-order valence-electron chi connectivity index (χ0n) is 17.3. The minimum absolute atomic E-state index is 0.000875. The number of primary amides is 1. The first-order chi connectivity index (χ1) is 15.0. The lowest BCUT2D eigenvalue weighted by Crippen LogP contribution is -2.15. The standard InChI is InChI=1S/C11H8N4O2.C11H15NO2/c12-10(16)11-13-9-3-1-2-8(15(9)14-11)7-4-5-17-6-7;1-3-8-14-11-7-5-4-6-10(11)12(2)9-13/h1-6H,(H2,12,16);4-7,9H,3,8H2,1-2H3. The van der Waals surface area contributed by atoms with Crippen LogP contribution in [0, 0.1) is 0 Å². The summed E-state index contributed by atoms with van der Waals surface area (Å²) < 4.78 is 12.1. The number of ether oxygens (including phenoxy) is 1. The maximum Gasteiger partial charge on any atom is 0.288 e. The third kappa shape index (κ3) is 5.08. The van der Waals surface area contributed by atoms with Crippen molar-refractivity contribution in [3.05, 3.63) is 66.9 Å². The highest BCUT2D eigenvalue weighted by molar-refractivity contribution is 5.89. The number of anilines is 1. The molecule has 0 aliphatic rings. The van der Waals surface area contributed by atoms with Gasteiger partial charge in [0.05, 0.1) is 30.5 Å². The largest absolute Gasteiger partial charge is 0.491 e. The van der Waals surface area contributed by atoms with Crippen molar-refractivity contribution in [1.29, 1.82) is 0 Å². The van der Waals surface area contributed by atoms with Crippen LogP contribution < -0.4 is 15.4 Å². The van der Waals surface area contributed by atoms with Gasteiger partial charge in [-0.1, -0.05) is 25.1 Å². The molecular weight excluding hydrogens is 398 g/mol. The summed E-state index contributed by atoms with van der Waals surface area (Å²) in [5.74, 6) is 0.108. The monoisotopic (exact) mass is 421 g/mol. The average molecular weight is 421 g/mol. The Morgan fingerprint density at radius 3 is 2.71 bits per heavy atom. The fourth-order valence-corrected chi connectivity index (χ4v) is 2.78. The fraction of sp³-hybridized carbons (Fsp3) is 0.182. The second-order valence-corrected chi connectivity index (χ2v) is 6.53. The Morgan fingerprint density at radius 2 is 2.03 bits per heavy atom. The molecule has 0 spiro atoms.